The predicted molar refractivity (Wildman–Crippen MR) is 73.3 cm³/mol. The van der Waals surface area contributed by atoms with Crippen LogP contribution in [0.25, 0.3) is 0 Å². The molecular formula is C15H18N2O2. The van der Waals surface area contributed by atoms with Crippen LogP contribution in [0.2, 0.25) is 0 Å². The number of carbonyl (C=O) groups is 1. The summed E-state index contributed by atoms with van der Waals surface area (Å²) in [7, 11) is 0. The zero-order valence-corrected chi connectivity index (χ0v) is 11.0. The molecule has 0 saturated carbocycles. The molecule has 0 aliphatic carbocycles. The summed E-state index contributed by atoms with van der Waals surface area (Å²) in [5.41, 5.74) is 2.36. The summed E-state index contributed by atoms with van der Waals surface area (Å²) >= 11 is 0. The van der Waals surface area contributed by atoms with Crippen molar-refractivity contribution in [2.45, 2.75) is 32.7 Å². The Morgan fingerprint density at radius 3 is 2.63 bits per heavy atom. The normalized spacial score (nSPS) is 10.6. The first-order valence-corrected chi connectivity index (χ1v) is 6.48. The molecule has 0 radical (unpaired) electrons. The number of aryl methyl sites for hydroxylation is 3. The number of carboxylic acid groups (broad SMARTS) is 1. The van der Waals surface area contributed by atoms with Crippen LogP contribution in [0.1, 0.15) is 34.6 Å². The Morgan fingerprint density at radius 1 is 1.26 bits per heavy atom. The van der Waals surface area contributed by atoms with Crippen LogP contribution in [-0.2, 0) is 13.0 Å². The quantitative estimate of drug-likeness (QED) is 0.810. The number of aromatic nitrogens is 2. The molecule has 2 rings (SSSR count). The summed E-state index contributed by atoms with van der Waals surface area (Å²) in [5.74, 6) is -0.967. The maximum absolute atomic E-state index is 10.8. The first kappa shape index (κ1) is 13.3. The van der Waals surface area contributed by atoms with Crippen molar-refractivity contribution in [3.8, 4) is 0 Å². The highest BCUT2D eigenvalue weighted by Gasteiger charge is 2.09. The van der Waals surface area contributed by atoms with Gasteiger partial charge in [0.15, 0.2) is 5.69 Å². The largest absolute Gasteiger partial charge is 0.476 e. The van der Waals surface area contributed by atoms with E-state index in [2.05, 4.69) is 17.2 Å². The molecule has 1 aromatic carbocycles. The number of carboxylic acids is 1. The lowest BCUT2D eigenvalue weighted by atomic mass is 10.1. The fourth-order valence-electron chi connectivity index (χ4n) is 2.08. The molecule has 1 heterocycles. The topological polar surface area (TPSA) is 55.1 Å². The maximum Gasteiger partial charge on any atom is 0.356 e. The summed E-state index contributed by atoms with van der Waals surface area (Å²) in [4.78, 5) is 10.8. The first-order chi connectivity index (χ1) is 9.16. The van der Waals surface area contributed by atoms with Gasteiger partial charge >= 0.3 is 5.97 Å². The molecule has 4 heteroatoms. The van der Waals surface area contributed by atoms with Crippen molar-refractivity contribution in [2.75, 3.05) is 0 Å². The van der Waals surface area contributed by atoms with Crippen molar-refractivity contribution in [1.82, 2.24) is 9.78 Å². The average Bonchev–Trinajstić information content (AvgIpc) is 2.78. The lowest BCUT2D eigenvalue weighted by Crippen LogP contribution is -2.05. The zero-order valence-electron chi connectivity index (χ0n) is 11.0. The van der Waals surface area contributed by atoms with E-state index in [1.165, 1.54) is 5.56 Å². The van der Waals surface area contributed by atoms with Crippen molar-refractivity contribution in [3.63, 3.8) is 0 Å². The number of aromatic carboxylic acids is 1. The molecule has 1 aromatic heterocycles. The van der Waals surface area contributed by atoms with Gasteiger partial charge in [0.1, 0.15) is 0 Å². The van der Waals surface area contributed by atoms with E-state index in [1.54, 1.807) is 10.7 Å². The van der Waals surface area contributed by atoms with Gasteiger partial charge in [0, 0.05) is 12.2 Å². The van der Waals surface area contributed by atoms with Crippen LogP contribution in [0.4, 0.5) is 0 Å². The van der Waals surface area contributed by atoms with Crippen molar-refractivity contribution < 1.29 is 9.90 Å². The molecule has 100 valence electrons. The van der Waals surface area contributed by atoms with Crippen LogP contribution >= 0.6 is 0 Å². The number of rotatable bonds is 6. The molecule has 0 amide bonds. The third-order valence-electron chi connectivity index (χ3n) is 3.13. The Hall–Kier alpha value is -2.10. The second-order valence-corrected chi connectivity index (χ2v) is 4.64. The molecule has 0 unspecified atom stereocenters. The second kappa shape index (κ2) is 6.18. The second-order valence-electron chi connectivity index (χ2n) is 4.64. The highest BCUT2D eigenvalue weighted by atomic mass is 16.4. The van der Waals surface area contributed by atoms with Gasteiger partial charge < -0.3 is 5.11 Å². The van der Waals surface area contributed by atoms with Gasteiger partial charge in [-0.15, -0.1) is 0 Å². The van der Waals surface area contributed by atoms with Crippen molar-refractivity contribution >= 4 is 5.97 Å². The number of hydrogen-bond donors (Lipinski definition) is 1. The molecule has 2 aromatic rings. The molecule has 0 aliphatic heterocycles. The molecule has 0 atom stereocenters. The molecule has 0 fully saturated rings. The summed E-state index contributed by atoms with van der Waals surface area (Å²) in [6.07, 6.45) is 3.12. The van der Waals surface area contributed by atoms with Crippen molar-refractivity contribution in [2.24, 2.45) is 0 Å². The monoisotopic (exact) mass is 258 g/mol. The Kier molecular flexibility index (Phi) is 4.34. The van der Waals surface area contributed by atoms with Crippen LogP contribution in [-0.4, -0.2) is 20.9 Å². The molecule has 1 N–H and O–H groups in total. The third kappa shape index (κ3) is 3.68. The van der Waals surface area contributed by atoms with E-state index >= 15 is 0 Å². The lowest BCUT2D eigenvalue weighted by molar-refractivity contribution is 0.0689. The lowest BCUT2D eigenvalue weighted by Gasteiger charge is -2.04. The van der Waals surface area contributed by atoms with Gasteiger partial charge in [-0.2, -0.15) is 5.10 Å². The fourth-order valence-corrected chi connectivity index (χ4v) is 2.08. The van der Waals surface area contributed by atoms with Crippen molar-refractivity contribution in [1.29, 1.82) is 0 Å². The highest BCUT2D eigenvalue weighted by Crippen LogP contribution is 2.08. The van der Waals surface area contributed by atoms with Crippen LogP contribution in [0.3, 0.4) is 0 Å². The van der Waals surface area contributed by atoms with E-state index in [-0.39, 0.29) is 5.69 Å². The van der Waals surface area contributed by atoms with Crippen LogP contribution in [0.15, 0.2) is 36.4 Å². The molecule has 0 spiro atoms. The zero-order chi connectivity index (χ0) is 13.7. The van der Waals surface area contributed by atoms with Gasteiger partial charge in [0.2, 0.25) is 0 Å². The molecule has 0 saturated heterocycles. The molecule has 19 heavy (non-hydrogen) atoms. The SMILES string of the molecule is Cc1cc(C(=O)O)nn1CCCCc1ccccc1. The Labute approximate surface area is 112 Å². The van der Waals surface area contributed by atoms with Gasteiger partial charge in [0.05, 0.1) is 0 Å². The maximum atomic E-state index is 10.8. The van der Waals surface area contributed by atoms with Gasteiger partial charge in [-0.3, -0.25) is 4.68 Å². The minimum absolute atomic E-state index is 0.126. The molecule has 0 bridgehead atoms. The minimum atomic E-state index is -0.967. The van der Waals surface area contributed by atoms with Crippen LogP contribution in [0, 0.1) is 6.92 Å². The van der Waals surface area contributed by atoms with Crippen LogP contribution in [0.5, 0.6) is 0 Å². The van der Waals surface area contributed by atoms with Gasteiger partial charge in [-0.1, -0.05) is 30.3 Å². The van der Waals surface area contributed by atoms with Crippen molar-refractivity contribution in [3.05, 3.63) is 53.3 Å². The van der Waals surface area contributed by atoms with Crippen LogP contribution < -0.4 is 0 Å². The molecular weight excluding hydrogens is 240 g/mol. The van der Waals surface area contributed by atoms with E-state index in [9.17, 15) is 4.79 Å². The highest BCUT2D eigenvalue weighted by molar-refractivity contribution is 5.85. The summed E-state index contributed by atoms with van der Waals surface area (Å²) in [5, 5.41) is 12.9. The van der Waals surface area contributed by atoms with E-state index < -0.39 is 5.97 Å². The van der Waals surface area contributed by atoms with E-state index in [0.717, 1.165) is 31.5 Å². The Balaban J connectivity index is 1.81. The van der Waals surface area contributed by atoms with Gasteiger partial charge in [0.25, 0.3) is 0 Å². The predicted octanol–water partition coefficient (Wildman–Crippen LogP) is 2.91. The number of benzene rings is 1. The van der Waals surface area contributed by atoms with E-state index in [1.807, 2.05) is 25.1 Å². The average molecular weight is 258 g/mol. The Bertz CT molecular complexity index is 547. The fraction of sp³-hybridized carbons (Fsp3) is 0.333. The molecule has 4 nitrogen and oxygen atoms in total. The standard InChI is InChI=1S/C15H18N2O2/c1-12-11-14(15(18)19)16-17(12)10-6-5-9-13-7-3-2-4-8-13/h2-4,7-8,11H,5-6,9-10H2,1H3,(H,18,19). The molecule has 0 aliphatic rings. The smallest absolute Gasteiger partial charge is 0.356 e. The third-order valence-corrected chi connectivity index (χ3v) is 3.13. The van der Waals surface area contributed by atoms with E-state index in [4.69, 9.17) is 5.11 Å². The minimum Gasteiger partial charge on any atom is -0.476 e. The van der Waals surface area contributed by atoms with E-state index in [0.29, 0.717) is 0 Å². The summed E-state index contributed by atoms with van der Waals surface area (Å²) < 4.78 is 1.77. The summed E-state index contributed by atoms with van der Waals surface area (Å²) in [6, 6.07) is 12.0. The number of hydrogen-bond acceptors (Lipinski definition) is 2. The summed E-state index contributed by atoms with van der Waals surface area (Å²) in [6.45, 7) is 2.66. The van der Waals surface area contributed by atoms with Gasteiger partial charge in [-0.05, 0) is 37.8 Å². The van der Waals surface area contributed by atoms with Gasteiger partial charge in [-0.25, -0.2) is 4.79 Å². The Morgan fingerprint density at radius 2 is 2.00 bits per heavy atom. The number of nitrogens with zero attached hydrogens (tertiary/aromatic N) is 2. The number of unbranched alkanes of at least 4 members (excludes halogenated alkanes) is 1. The first-order valence-electron chi connectivity index (χ1n) is 6.48.